The minimum Gasteiger partial charge on any atom is -0.490 e. The summed E-state index contributed by atoms with van der Waals surface area (Å²) in [5.74, 6) is 1.65. The van der Waals surface area contributed by atoms with Gasteiger partial charge in [-0.15, -0.1) is 12.4 Å². The Morgan fingerprint density at radius 3 is 2.53 bits per heavy atom. The van der Waals surface area contributed by atoms with Crippen LogP contribution in [-0.4, -0.2) is 93.9 Å². The van der Waals surface area contributed by atoms with Crippen molar-refractivity contribution in [3.05, 3.63) is 60.2 Å². The summed E-state index contributed by atoms with van der Waals surface area (Å²) in [7, 11) is 0. The maximum atomic E-state index is 15.1. The van der Waals surface area contributed by atoms with E-state index in [-0.39, 0.29) is 37.0 Å². The molecule has 3 aliphatic rings. The number of H-pyrrole nitrogens is 1. The minimum atomic E-state index is -0.564. The summed E-state index contributed by atoms with van der Waals surface area (Å²) >= 11 is 0. The lowest BCUT2D eigenvalue weighted by atomic mass is 9.95. The Bertz CT molecular complexity index is 1790. The maximum absolute atomic E-state index is 15.1. The fourth-order valence-electron chi connectivity index (χ4n) is 7.96. The molecule has 0 radical (unpaired) electrons. The van der Waals surface area contributed by atoms with E-state index in [9.17, 15) is 9.90 Å². The Kier molecular flexibility index (Phi) is 11.8. The monoisotopic (exact) mass is 719 g/mol. The quantitative estimate of drug-likeness (QED) is 0.149. The molecule has 3 aliphatic heterocycles. The first-order valence-corrected chi connectivity index (χ1v) is 18.3. The normalized spacial score (nSPS) is 20.5. The molecule has 2 aromatic carbocycles. The first-order chi connectivity index (χ1) is 24.2. The molecule has 12 heteroatoms. The van der Waals surface area contributed by atoms with Gasteiger partial charge in [0.2, 0.25) is 0 Å². The molecule has 2 unspecified atom stereocenters. The number of halogens is 2. The van der Waals surface area contributed by atoms with Gasteiger partial charge in [0.1, 0.15) is 29.6 Å². The Labute approximate surface area is 306 Å². The number of nitrogens with zero attached hydrogens (tertiary/aromatic N) is 4. The molecule has 0 saturated carbocycles. The van der Waals surface area contributed by atoms with E-state index in [1.54, 1.807) is 4.90 Å². The van der Waals surface area contributed by atoms with Crippen molar-refractivity contribution in [1.82, 2.24) is 30.1 Å². The lowest BCUT2D eigenvalue weighted by Gasteiger charge is -2.35. The van der Waals surface area contributed by atoms with E-state index in [1.165, 1.54) is 37.8 Å². The van der Waals surface area contributed by atoms with Gasteiger partial charge in [-0.3, -0.25) is 0 Å². The van der Waals surface area contributed by atoms with Gasteiger partial charge in [-0.1, -0.05) is 13.8 Å². The van der Waals surface area contributed by atoms with Gasteiger partial charge in [-0.2, -0.15) is 0 Å². The summed E-state index contributed by atoms with van der Waals surface area (Å²) in [6, 6.07) is 12.5. The number of likely N-dealkylation sites (tertiary alicyclic amines) is 2. The van der Waals surface area contributed by atoms with Gasteiger partial charge < -0.3 is 35.3 Å². The number of β-amino-alcohol motifs (C(OH)–C–C–N with tert-alkyl or cyclic N) is 1. The third-order valence-corrected chi connectivity index (χ3v) is 10.7. The van der Waals surface area contributed by atoms with Crippen molar-refractivity contribution < 1.29 is 19.0 Å². The Hall–Kier alpha value is -3.77. The second-order valence-electron chi connectivity index (χ2n) is 14.9. The summed E-state index contributed by atoms with van der Waals surface area (Å²) in [5, 5.41) is 17.6. The van der Waals surface area contributed by atoms with Crippen LogP contribution in [-0.2, 0) is 0 Å². The van der Waals surface area contributed by atoms with Gasteiger partial charge in [0.05, 0.1) is 11.8 Å². The second kappa shape index (κ2) is 16.3. The predicted molar refractivity (Wildman–Crippen MR) is 202 cm³/mol. The van der Waals surface area contributed by atoms with Gasteiger partial charge in [0, 0.05) is 61.0 Å². The highest BCUT2D eigenvalue weighted by atomic mass is 35.5. The number of carbonyl (C=O) groups excluding carboxylic acids is 1. The highest BCUT2D eigenvalue weighted by Crippen LogP contribution is 2.36. The largest absolute Gasteiger partial charge is 0.490 e. The van der Waals surface area contributed by atoms with Crippen LogP contribution in [0.25, 0.3) is 33.5 Å². The number of aliphatic hydroxyl groups is 1. The first kappa shape index (κ1) is 37.0. The summed E-state index contributed by atoms with van der Waals surface area (Å²) in [6.45, 7) is 12.5. The number of ether oxygens (including phenoxy) is 1. The number of piperidine rings is 2. The van der Waals surface area contributed by atoms with E-state index in [0.717, 1.165) is 73.8 Å². The SMILES string of the molecule is Cc1c(NC(=O)N2CC(O)C(CC(C)C)C2)cc(F)cc1-c1ncnc2[nH]c(-c3ccc(OC4CCN(CC5CCNCC5)CC4)cc3)cc12.Cl. The van der Waals surface area contributed by atoms with Crippen molar-refractivity contribution in [2.24, 2.45) is 17.8 Å². The number of urea groups is 1. The minimum absolute atomic E-state index is 0. The van der Waals surface area contributed by atoms with Crippen molar-refractivity contribution in [3.63, 3.8) is 0 Å². The highest BCUT2D eigenvalue weighted by molar-refractivity contribution is 5.97. The molecule has 10 nitrogen and oxygen atoms in total. The van der Waals surface area contributed by atoms with Crippen LogP contribution in [0, 0.1) is 30.5 Å². The van der Waals surface area contributed by atoms with Crippen LogP contribution in [0.3, 0.4) is 0 Å². The molecule has 2 amide bonds. The standard InChI is InChI=1S/C39H50FN7O3.ClH/c1-24(2)16-28-21-47(22-36(28)48)39(49)45-34-18-29(40)17-32(25(34)3)37-33-19-35(44-38(33)43-23-42-37)27-4-6-30(7-5-27)50-31-10-14-46(15-11-31)20-26-8-12-41-13-9-26;/h4-7,17-19,23-24,26,28,31,36,41,48H,8-16,20-22H2,1-3H3,(H,45,49)(H,42,43,44);1H. The zero-order valence-electron chi connectivity index (χ0n) is 29.8. The molecule has 51 heavy (non-hydrogen) atoms. The van der Waals surface area contributed by atoms with Crippen molar-refractivity contribution in [2.75, 3.05) is 51.1 Å². The number of aromatic amines is 1. The number of anilines is 1. The zero-order chi connectivity index (χ0) is 34.8. The van der Waals surface area contributed by atoms with Crippen molar-refractivity contribution in [2.45, 2.75) is 65.1 Å². The average molecular weight is 720 g/mol. The molecule has 0 spiro atoms. The molecular weight excluding hydrogens is 669 g/mol. The smallest absolute Gasteiger partial charge is 0.321 e. The predicted octanol–water partition coefficient (Wildman–Crippen LogP) is 6.87. The Morgan fingerprint density at radius 1 is 1.06 bits per heavy atom. The summed E-state index contributed by atoms with van der Waals surface area (Å²) in [5.41, 5.74) is 4.69. The lowest BCUT2D eigenvalue weighted by Crippen LogP contribution is -2.42. The molecule has 4 N–H and O–H groups in total. The zero-order valence-corrected chi connectivity index (χ0v) is 30.6. The van der Waals surface area contributed by atoms with Crippen LogP contribution >= 0.6 is 12.4 Å². The number of aliphatic hydroxyl groups excluding tert-OH is 1. The summed E-state index contributed by atoms with van der Waals surface area (Å²) in [4.78, 5) is 29.9. The highest BCUT2D eigenvalue weighted by Gasteiger charge is 2.34. The van der Waals surface area contributed by atoms with E-state index >= 15 is 4.39 Å². The first-order valence-electron chi connectivity index (χ1n) is 18.3. The molecular formula is C39H51ClFN7O3. The van der Waals surface area contributed by atoms with Gasteiger partial charge in [0.15, 0.2) is 0 Å². The molecule has 5 heterocycles. The third kappa shape index (κ3) is 8.65. The molecule has 3 saturated heterocycles. The number of rotatable bonds is 9. The molecule has 0 aliphatic carbocycles. The molecule has 274 valence electrons. The number of amides is 2. The van der Waals surface area contributed by atoms with Crippen LogP contribution in [0.5, 0.6) is 5.75 Å². The van der Waals surface area contributed by atoms with Crippen LogP contribution < -0.4 is 15.4 Å². The van der Waals surface area contributed by atoms with Gasteiger partial charge in [0.25, 0.3) is 0 Å². The van der Waals surface area contributed by atoms with Gasteiger partial charge in [-0.05, 0) is 118 Å². The number of hydrogen-bond donors (Lipinski definition) is 4. The number of fused-ring (bicyclic) bond motifs is 1. The number of hydrogen-bond acceptors (Lipinski definition) is 7. The van der Waals surface area contributed by atoms with Crippen LogP contribution in [0.15, 0.2) is 48.8 Å². The van der Waals surface area contributed by atoms with Gasteiger partial charge in [-0.25, -0.2) is 19.2 Å². The average Bonchev–Trinajstić information content (AvgIpc) is 3.71. The molecule has 3 fully saturated rings. The van der Waals surface area contributed by atoms with Crippen LogP contribution in [0.2, 0.25) is 0 Å². The topological polar surface area (TPSA) is 119 Å². The lowest BCUT2D eigenvalue weighted by molar-refractivity contribution is 0.0873. The fraction of sp³-hybridized carbons (Fsp3) is 0.513. The number of nitrogens with one attached hydrogen (secondary N) is 3. The van der Waals surface area contributed by atoms with Crippen LogP contribution in [0.1, 0.15) is 51.5 Å². The number of carbonyl (C=O) groups is 1. The molecule has 4 aromatic rings. The second-order valence-corrected chi connectivity index (χ2v) is 14.9. The Morgan fingerprint density at radius 2 is 1.80 bits per heavy atom. The summed E-state index contributed by atoms with van der Waals surface area (Å²) in [6.07, 6.45) is 6.62. The van der Waals surface area contributed by atoms with Gasteiger partial charge >= 0.3 is 6.03 Å². The van der Waals surface area contributed by atoms with Crippen LogP contribution in [0.4, 0.5) is 14.9 Å². The van der Waals surface area contributed by atoms with E-state index in [0.29, 0.717) is 40.6 Å². The number of benzene rings is 2. The van der Waals surface area contributed by atoms with Crippen molar-refractivity contribution >= 4 is 35.2 Å². The maximum Gasteiger partial charge on any atom is 0.321 e. The van der Waals surface area contributed by atoms with E-state index < -0.39 is 11.9 Å². The summed E-state index contributed by atoms with van der Waals surface area (Å²) < 4.78 is 21.5. The molecule has 0 bridgehead atoms. The van der Waals surface area contributed by atoms with E-state index in [1.807, 2.05) is 37.3 Å². The Balaban J connectivity index is 0.00000448. The van der Waals surface area contributed by atoms with Crippen molar-refractivity contribution in [3.8, 4) is 28.3 Å². The van der Waals surface area contributed by atoms with Crippen molar-refractivity contribution in [1.29, 1.82) is 0 Å². The third-order valence-electron chi connectivity index (χ3n) is 10.7. The van der Waals surface area contributed by atoms with E-state index in [2.05, 4.69) is 44.3 Å². The molecule has 2 atom stereocenters. The fourth-order valence-corrected chi connectivity index (χ4v) is 7.96. The molecule has 7 rings (SSSR count). The van der Waals surface area contributed by atoms with E-state index in [4.69, 9.17) is 4.74 Å². The molecule has 2 aromatic heterocycles. The number of aromatic nitrogens is 3.